The average Bonchev–Trinajstić information content (AvgIpc) is 2.56. The molecule has 3 nitrogen and oxygen atoms in total. The summed E-state index contributed by atoms with van der Waals surface area (Å²) in [6, 6.07) is 20.8. The van der Waals surface area contributed by atoms with Gasteiger partial charge in [0.2, 0.25) is 0 Å². The van der Waals surface area contributed by atoms with Crippen LogP contribution in [-0.2, 0) is 17.9 Å². The lowest BCUT2D eigenvalue weighted by atomic mass is 10.1. The second-order valence-electron chi connectivity index (χ2n) is 6.16. The molecule has 0 heterocycles. The van der Waals surface area contributed by atoms with E-state index in [4.69, 9.17) is 4.74 Å². The zero-order valence-electron chi connectivity index (χ0n) is 14.1. The molecule has 0 fully saturated rings. The quantitative estimate of drug-likeness (QED) is 0.769. The van der Waals surface area contributed by atoms with Gasteiger partial charge in [-0.3, -0.25) is 4.90 Å². The van der Waals surface area contributed by atoms with Crippen LogP contribution in [0.5, 0.6) is 0 Å². The minimum absolute atomic E-state index is 0.354. The molecule has 0 aliphatic heterocycles. The monoisotopic (exact) mass is 313 g/mol. The number of aliphatic hydroxyl groups excluding tert-OH is 1. The van der Waals surface area contributed by atoms with E-state index in [1.54, 1.807) is 0 Å². The van der Waals surface area contributed by atoms with Gasteiger partial charge >= 0.3 is 0 Å². The minimum Gasteiger partial charge on any atom is -0.389 e. The van der Waals surface area contributed by atoms with Crippen molar-refractivity contribution in [1.82, 2.24) is 4.90 Å². The number of aliphatic hydroxyl groups is 1. The fourth-order valence-corrected chi connectivity index (χ4v) is 2.49. The SMILES string of the molecule is CC(C)N(Cc1ccccc1)C[C@@H](O)COCc1ccccc1. The van der Waals surface area contributed by atoms with E-state index in [0.29, 0.717) is 25.8 Å². The van der Waals surface area contributed by atoms with Crippen LogP contribution in [0.4, 0.5) is 0 Å². The van der Waals surface area contributed by atoms with Gasteiger partial charge in [-0.05, 0) is 25.0 Å². The Labute approximate surface area is 139 Å². The summed E-state index contributed by atoms with van der Waals surface area (Å²) in [6.45, 7) is 6.65. The molecule has 1 atom stereocenters. The van der Waals surface area contributed by atoms with Crippen LogP contribution < -0.4 is 0 Å². The molecule has 0 saturated heterocycles. The van der Waals surface area contributed by atoms with E-state index >= 15 is 0 Å². The van der Waals surface area contributed by atoms with Crippen LogP contribution in [0.2, 0.25) is 0 Å². The molecule has 0 spiro atoms. The number of hydrogen-bond acceptors (Lipinski definition) is 3. The molecular formula is C20H27NO2. The first-order valence-corrected chi connectivity index (χ1v) is 8.23. The smallest absolute Gasteiger partial charge is 0.0900 e. The molecule has 23 heavy (non-hydrogen) atoms. The summed E-state index contributed by atoms with van der Waals surface area (Å²) in [5.74, 6) is 0. The van der Waals surface area contributed by atoms with E-state index in [2.05, 4.69) is 30.9 Å². The standard InChI is InChI=1S/C20H27NO2/c1-17(2)21(13-18-9-5-3-6-10-18)14-20(22)16-23-15-19-11-7-4-8-12-19/h3-12,17,20,22H,13-16H2,1-2H3/t20-/m1/s1. The predicted molar refractivity (Wildman–Crippen MR) is 94.1 cm³/mol. The summed E-state index contributed by atoms with van der Waals surface area (Å²) >= 11 is 0. The number of nitrogens with zero attached hydrogens (tertiary/aromatic N) is 1. The molecule has 0 aromatic heterocycles. The third kappa shape index (κ3) is 6.53. The van der Waals surface area contributed by atoms with Crippen molar-refractivity contribution in [2.75, 3.05) is 13.2 Å². The van der Waals surface area contributed by atoms with Crippen molar-refractivity contribution in [2.45, 2.75) is 39.1 Å². The fourth-order valence-electron chi connectivity index (χ4n) is 2.49. The first kappa shape index (κ1) is 17.7. The van der Waals surface area contributed by atoms with Gasteiger partial charge in [-0.1, -0.05) is 60.7 Å². The second kappa shape index (κ2) is 9.46. The highest BCUT2D eigenvalue weighted by Crippen LogP contribution is 2.09. The first-order valence-electron chi connectivity index (χ1n) is 8.23. The topological polar surface area (TPSA) is 32.7 Å². The second-order valence-corrected chi connectivity index (χ2v) is 6.16. The van der Waals surface area contributed by atoms with E-state index in [0.717, 1.165) is 12.1 Å². The Kier molecular flexibility index (Phi) is 7.27. The number of hydrogen-bond donors (Lipinski definition) is 1. The van der Waals surface area contributed by atoms with Crippen LogP contribution in [0.1, 0.15) is 25.0 Å². The van der Waals surface area contributed by atoms with Gasteiger partial charge in [0.05, 0.1) is 19.3 Å². The van der Waals surface area contributed by atoms with Crippen LogP contribution in [0.25, 0.3) is 0 Å². The fraction of sp³-hybridized carbons (Fsp3) is 0.400. The first-order chi connectivity index (χ1) is 11.1. The highest BCUT2D eigenvalue weighted by atomic mass is 16.5. The third-order valence-electron chi connectivity index (χ3n) is 3.83. The van der Waals surface area contributed by atoms with Gasteiger partial charge in [-0.2, -0.15) is 0 Å². The molecule has 0 amide bonds. The lowest BCUT2D eigenvalue weighted by Gasteiger charge is -2.28. The van der Waals surface area contributed by atoms with Crippen LogP contribution >= 0.6 is 0 Å². The van der Waals surface area contributed by atoms with Gasteiger partial charge in [0.25, 0.3) is 0 Å². The maximum absolute atomic E-state index is 10.3. The normalized spacial score (nSPS) is 12.7. The van der Waals surface area contributed by atoms with Crippen LogP contribution in [0.15, 0.2) is 60.7 Å². The van der Waals surface area contributed by atoms with E-state index in [1.807, 2.05) is 48.5 Å². The molecule has 0 aliphatic carbocycles. The molecule has 3 heteroatoms. The largest absolute Gasteiger partial charge is 0.389 e. The van der Waals surface area contributed by atoms with Crippen molar-refractivity contribution < 1.29 is 9.84 Å². The summed E-state index contributed by atoms with van der Waals surface area (Å²) in [5.41, 5.74) is 2.39. The maximum atomic E-state index is 10.3. The van der Waals surface area contributed by atoms with E-state index in [-0.39, 0.29) is 0 Å². The number of benzene rings is 2. The molecule has 2 rings (SSSR count). The van der Waals surface area contributed by atoms with Gasteiger partial charge in [0.15, 0.2) is 0 Å². The summed E-state index contributed by atoms with van der Waals surface area (Å²) in [5, 5.41) is 10.3. The van der Waals surface area contributed by atoms with Crippen molar-refractivity contribution in [2.24, 2.45) is 0 Å². The summed E-state index contributed by atoms with van der Waals surface area (Å²) in [7, 11) is 0. The molecule has 0 bridgehead atoms. The van der Waals surface area contributed by atoms with E-state index in [1.165, 1.54) is 5.56 Å². The van der Waals surface area contributed by atoms with Crippen molar-refractivity contribution in [3.8, 4) is 0 Å². The van der Waals surface area contributed by atoms with Gasteiger partial charge in [0.1, 0.15) is 0 Å². The van der Waals surface area contributed by atoms with E-state index in [9.17, 15) is 5.11 Å². The van der Waals surface area contributed by atoms with Crippen LogP contribution in [0.3, 0.4) is 0 Å². The molecule has 2 aromatic carbocycles. The molecule has 0 aliphatic rings. The van der Waals surface area contributed by atoms with E-state index < -0.39 is 6.10 Å². The molecule has 1 N–H and O–H groups in total. The van der Waals surface area contributed by atoms with Gasteiger partial charge < -0.3 is 9.84 Å². The van der Waals surface area contributed by atoms with Gasteiger partial charge in [-0.25, -0.2) is 0 Å². The molecule has 2 aromatic rings. The molecule has 0 unspecified atom stereocenters. The minimum atomic E-state index is -0.482. The Hall–Kier alpha value is -1.68. The van der Waals surface area contributed by atoms with Crippen LogP contribution in [0, 0.1) is 0 Å². The molecule has 124 valence electrons. The Morgan fingerprint density at radius 1 is 0.913 bits per heavy atom. The lowest BCUT2D eigenvalue weighted by molar-refractivity contribution is 0.00314. The Balaban J connectivity index is 1.77. The highest BCUT2D eigenvalue weighted by molar-refractivity contribution is 5.15. The zero-order valence-corrected chi connectivity index (χ0v) is 14.1. The van der Waals surface area contributed by atoms with Crippen LogP contribution in [-0.4, -0.2) is 35.3 Å². The molecule has 0 radical (unpaired) electrons. The van der Waals surface area contributed by atoms with Crippen molar-refractivity contribution in [3.05, 3.63) is 71.8 Å². The van der Waals surface area contributed by atoms with Crippen molar-refractivity contribution in [1.29, 1.82) is 0 Å². The molecular weight excluding hydrogens is 286 g/mol. The maximum Gasteiger partial charge on any atom is 0.0900 e. The summed E-state index contributed by atoms with van der Waals surface area (Å²) in [6.07, 6.45) is -0.482. The highest BCUT2D eigenvalue weighted by Gasteiger charge is 2.15. The predicted octanol–water partition coefficient (Wildman–Crippen LogP) is 3.47. The van der Waals surface area contributed by atoms with Gasteiger partial charge in [0, 0.05) is 19.1 Å². The Morgan fingerprint density at radius 3 is 2.04 bits per heavy atom. The summed E-state index contributed by atoms with van der Waals surface area (Å²) < 4.78 is 5.64. The van der Waals surface area contributed by atoms with Crippen molar-refractivity contribution in [3.63, 3.8) is 0 Å². The van der Waals surface area contributed by atoms with Crippen molar-refractivity contribution >= 4 is 0 Å². The average molecular weight is 313 g/mol. The number of ether oxygens (including phenoxy) is 1. The Morgan fingerprint density at radius 2 is 1.48 bits per heavy atom. The molecule has 0 saturated carbocycles. The van der Waals surface area contributed by atoms with Gasteiger partial charge in [-0.15, -0.1) is 0 Å². The lowest BCUT2D eigenvalue weighted by Crippen LogP contribution is -2.38. The number of rotatable bonds is 9. The zero-order chi connectivity index (χ0) is 16.5. The Bertz CT molecular complexity index is 542. The summed E-state index contributed by atoms with van der Waals surface area (Å²) in [4.78, 5) is 2.27. The third-order valence-corrected chi connectivity index (χ3v) is 3.83.